The summed E-state index contributed by atoms with van der Waals surface area (Å²) < 4.78 is 8.04. The lowest BCUT2D eigenvalue weighted by Crippen LogP contribution is -2.07. The Morgan fingerprint density at radius 2 is 1.97 bits per heavy atom. The number of carbonyl (C=O) groups excluding carboxylic acids is 1. The topological polar surface area (TPSA) is 107 Å². The van der Waals surface area contributed by atoms with Gasteiger partial charge in [-0.3, -0.25) is 4.79 Å². The maximum atomic E-state index is 11.7. The second-order valence-electron chi connectivity index (χ2n) is 8.73. The molecule has 1 amide bonds. The van der Waals surface area contributed by atoms with Crippen molar-refractivity contribution in [3.05, 3.63) is 85.0 Å². The maximum Gasteiger partial charge on any atom is 0.322 e. The predicted octanol–water partition coefficient (Wildman–Crippen LogP) is 5.24. The number of nitrogens with zero attached hydrogens (tertiary/aromatic N) is 5. The molecule has 0 unspecified atom stereocenters. The van der Waals surface area contributed by atoms with E-state index in [1.807, 2.05) is 56.4 Å². The highest BCUT2D eigenvalue weighted by Crippen LogP contribution is 2.46. The minimum Gasteiger partial charge on any atom is -0.424 e. The number of amides is 1. The van der Waals surface area contributed by atoms with Crippen molar-refractivity contribution in [2.75, 3.05) is 10.6 Å². The molecular formula is C28H23N7O2. The summed E-state index contributed by atoms with van der Waals surface area (Å²) >= 11 is 0. The summed E-state index contributed by atoms with van der Waals surface area (Å²) in [4.78, 5) is 29.4. The molecule has 1 aliphatic heterocycles. The summed E-state index contributed by atoms with van der Waals surface area (Å²) in [6.45, 7) is 5.97. The molecule has 5 aromatic rings. The molecule has 9 nitrogen and oxygen atoms in total. The summed E-state index contributed by atoms with van der Waals surface area (Å²) in [6.07, 6.45) is 4.50. The van der Waals surface area contributed by atoms with E-state index in [-0.39, 0.29) is 5.91 Å². The molecular weight excluding hydrogens is 466 g/mol. The highest BCUT2D eigenvalue weighted by molar-refractivity contribution is 6.09. The fraction of sp³-hybridized carbons (Fsp3) is 0.107. The van der Waals surface area contributed by atoms with Crippen LogP contribution >= 0.6 is 0 Å². The van der Waals surface area contributed by atoms with Crippen molar-refractivity contribution in [3.63, 3.8) is 0 Å². The first-order valence-corrected chi connectivity index (χ1v) is 11.7. The third kappa shape index (κ3) is 3.96. The predicted molar refractivity (Wildman–Crippen MR) is 142 cm³/mol. The molecule has 0 spiro atoms. The van der Waals surface area contributed by atoms with Gasteiger partial charge >= 0.3 is 6.01 Å². The zero-order valence-corrected chi connectivity index (χ0v) is 20.3. The second kappa shape index (κ2) is 8.87. The van der Waals surface area contributed by atoms with Crippen molar-refractivity contribution in [1.29, 1.82) is 0 Å². The van der Waals surface area contributed by atoms with Crippen molar-refractivity contribution in [3.8, 4) is 34.1 Å². The number of rotatable bonds is 5. The zero-order valence-electron chi connectivity index (χ0n) is 20.3. The molecule has 0 aliphatic carbocycles. The molecule has 0 radical (unpaired) electrons. The van der Waals surface area contributed by atoms with Crippen molar-refractivity contribution >= 4 is 28.4 Å². The molecule has 0 atom stereocenters. The molecule has 0 saturated heterocycles. The Morgan fingerprint density at radius 1 is 1.14 bits per heavy atom. The Hall–Kier alpha value is -5.05. The van der Waals surface area contributed by atoms with E-state index in [1.54, 1.807) is 12.5 Å². The lowest BCUT2D eigenvalue weighted by molar-refractivity contribution is -0.111. The number of aryl methyl sites for hydroxylation is 2. The fourth-order valence-corrected chi connectivity index (χ4v) is 4.67. The van der Waals surface area contributed by atoms with Gasteiger partial charge in [0.1, 0.15) is 23.5 Å². The number of aromatic nitrogens is 5. The van der Waals surface area contributed by atoms with Gasteiger partial charge in [0.05, 0.1) is 11.1 Å². The van der Waals surface area contributed by atoms with Gasteiger partial charge in [0.2, 0.25) is 5.91 Å². The van der Waals surface area contributed by atoms with Crippen LogP contribution in [0.3, 0.4) is 0 Å². The van der Waals surface area contributed by atoms with E-state index >= 15 is 0 Å². The Labute approximate surface area is 212 Å². The van der Waals surface area contributed by atoms with E-state index in [0.29, 0.717) is 24.0 Å². The van der Waals surface area contributed by atoms with Crippen LogP contribution in [-0.4, -0.2) is 30.4 Å². The van der Waals surface area contributed by atoms with E-state index in [4.69, 9.17) is 4.74 Å². The second-order valence-corrected chi connectivity index (χ2v) is 8.73. The normalized spacial score (nSPS) is 11.8. The molecule has 182 valence electrons. The van der Waals surface area contributed by atoms with E-state index in [1.165, 1.54) is 6.08 Å². The highest BCUT2D eigenvalue weighted by atomic mass is 16.5. The summed E-state index contributed by atoms with van der Waals surface area (Å²) in [6, 6.07) is 15.9. The zero-order chi connectivity index (χ0) is 25.5. The van der Waals surface area contributed by atoms with Gasteiger partial charge in [-0.05, 0) is 60.0 Å². The minimum atomic E-state index is -0.252. The van der Waals surface area contributed by atoms with Gasteiger partial charge in [0.25, 0.3) is 0 Å². The van der Waals surface area contributed by atoms with Crippen molar-refractivity contribution < 1.29 is 9.53 Å². The van der Waals surface area contributed by atoms with E-state index in [0.717, 1.165) is 50.5 Å². The summed E-state index contributed by atoms with van der Waals surface area (Å²) in [5, 5.41) is 7.22. The number of hydrogen-bond donors (Lipinski definition) is 2. The van der Waals surface area contributed by atoms with Gasteiger partial charge in [-0.2, -0.15) is 0 Å². The molecule has 4 heterocycles. The van der Waals surface area contributed by atoms with Crippen LogP contribution in [0.1, 0.15) is 11.3 Å². The van der Waals surface area contributed by atoms with Crippen LogP contribution in [0.2, 0.25) is 0 Å². The van der Waals surface area contributed by atoms with Crippen LogP contribution in [0.25, 0.3) is 33.4 Å². The van der Waals surface area contributed by atoms with Crippen LogP contribution in [-0.2, 0) is 18.4 Å². The Morgan fingerprint density at radius 3 is 2.76 bits per heavy atom. The third-order valence-corrected chi connectivity index (χ3v) is 6.35. The first-order chi connectivity index (χ1) is 18.0. The van der Waals surface area contributed by atoms with Gasteiger partial charge in [-0.15, -0.1) is 0 Å². The third-order valence-electron chi connectivity index (χ3n) is 6.35. The average molecular weight is 490 g/mol. The van der Waals surface area contributed by atoms with Gasteiger partial charge in [-0.25, -0.2) is 19.9 Å². The van der Waals surface area contributed by atoms with Gasteiger partial charge < -0.3 is 19.9 Å². The number of nitrogens with one attached hydrogen (secondary N) is 2. The number of anilines is 2. The van der Waals surface area contributed by atoms with Crippen molar-refractivity contribution in [1.82, 2.24) is 24.5 Å². The molecule has 37 heavy (non-hydrogen) atoms. The summed E-state index contributed by atoms with van der Waals surface area (Å²) in [7, 11) is 2.00. The van der Waals surface area contributed by atoms with Crippen molar-refractivity contribution in [2.45, 2.75) is 13.5 Å². The number of hydrogen-bond acceptors (Lipinski definition) is 7. The molecule has 9 heteroatoms. The van der Waals surface area contributed by atoms with Crippen LogP contribution in [0.15, 0.2) is 73.7 Å². The van der Waals surface area contributed by atoms with E-state index < -0.39 is 0 Å². The van der Waals surface area contributed by atoms with Gasteiger partial charge in [0, 0.05) is 36.7 Å². The first kappa shape index (κ1) is 22.4. The van der Waals surface area contributed by atoms with Crippen LogP contribution in [0.5, 0.6) is 11.8 Å². The molecule has 0 fully saturated rings. The molecule has 3 aromatic heterocycles. The van der Waals surface area contributed by atoms with Crippen molar-refractivity contribution in [2.24, 2.45) is 7.05 Å². The van der Waals surface area contributed by atoms with E-state index in [9.17, 15) is 4.79 Å². The monoisotopic (exact) mass is 489 g/mol. The largest absolute Gasteiger partial charge is 0.424 e. The summed E-state index contributed by atoms with van der Waals surface area (Å²) in [5.41, 5.74) is 7.48. The minimum absolute atomic E-state index is 0.252. The first-order valence-electron chi connectivity index (χ1n) is 11.7. The molecule has 0 saturated carbocycles. The molecule has 6 rings (SSSR count). The lowest BCUT2D eigenvalue weighted by Gasteiger charge is -2.14. The van der Waals surface area contributed by atoms with Gasteiger partial charge in [0.15, 0.2) is 0 Å². The number of fused-ring (bicyclic) bond motifs is 2. The van der Waals surface area contributed by atoms with Crippen LogP contribution in [0, 0.1) is 6.92 Å². The number of carbonyl (C=O) groups is 1. The Bertz CT molecular complexity index is 1690. The quantitative estimate of drug-likeness (QED) is 0.325. The smallest absolute Gasteiger partial charge is 0.322 e. The lowest BCUT2D eigenvalue weighted by atomic mass is 9.95. The maximum absolute atomic E-state index is 11.7. The number of ether oxygens (including phenoxy) is 1. The molecule has 1 aliphatic rings. The fourth-order valence-electron chi connectivity index (χ4n) is 4.67. The Balaban J connectivity index is 1.48. The SMILES string of the molecule is C=CC(=O)Nc1ccc(-c2c3c4c(ncnc4n2C)NCc2cc(Oc4nccc(C)n4)ccc2-3)cc1. The van der Waals surface area contributed by atoms with Gasteiger partial charge in [-0.1, -0.05) is 24.8 Å². The summed E-state index contributed by atoms with van der Waals surface area (Å²) in [5.74, 6) is 1.18. The molecule has 2 N–H and O–H groups in total. The molecule has 2 aromatic carbocycles. The molecule has 0 bridgehead atoms. The Kier molecular flexibility index (Phi) is 5.37. The van der Waals surface area contributed by atoms with E-state index in [2.05, 4.69) is 47.8 Å². The van der Waals surface area contributed by atoms with Crippen LogP contribution < -0.4 is 15.4 Å². The highest BCUT2D eigenvalue weighted by Gasteiger charge is 2.26. The standard InChI is InChI=1S/C28H23N7O2/c1-4-22(36)34-19-7-5-17(6-8-19)25-23-21-10-9-20(37-28-29-12-11-16(2)33-28)13-18(21)14-30-26-24(23)27(35(25)3)32-15-31-26/h4-13,15H,1,14H2,2-3H3,(H,34,36)(H,30,31,32). The number of benzene rings is 2. The average Bonchev–Trinajstić information content (AvgIpc) is 3.10. The van der Waals surface area contributed by atoms with Crippen LogP contribution in [0.4, 0.5) is 11.5 Å².